The molecule has 0 bridgehead atoms. The Labute approximate surface area is 127 Å². The molecule has 1 aromatic rings. The van der Waals surface area contributed by atoms with Gasteiger partial charge in [0.1, 0.15) is 13.4 Å². The lowest BCUT2D eigenvalue weighted by molar-refractivity contribution is -0.123. The summed E-state index contributed by atoms with van der Waals surface area (Å²) in [5, 5.41) is 7.00. The van der Waals surface area contributed by atoms with Gasteiger partial charge in [0.25, 0.3) is 0 Å². The number of hydrogen-bond donors (Lipinski definition) is 1. The Kier molecular flexibility index (Phi) is 14.7. The molecule has 0 radical (unpaired) electrons. The summed E-state index contributed by atoms with van der Waals surface area (Å²) in [6.07, 6.45) is 7.32. The van der Waals surface area contributed by atoms with Crippen LogP contribution in [-0.4, -0.2) is 38.5 Å². The van der Waals surface area contributed by atoms with Crippen LogP contribution in [0, 0.1) is 25.2 Å². The predicted octanol–water partition coefficient (Wildman–Crippen LogP) is 2.01. The fourth-order valence-electron chi connectivity index (χ4n) is 1.32. The first-order chi connectivity index (χ1) is 10.2. The van der Waals surface area contributed by atoms with Crippen LogP contribution in [0.15, 0.2) is 24.3 Å². The molecule has 0 unspecified atom stereocenters. The molecule has 1 aliphatic rings. The van der Waals surface area contributed by atoms with E-state index in [0.29, 0.717) is 12.5 Å². The standard InChI is InChI=1S/C9H8.C6H10O2.CH4O.CH2O/c1-3-9-6-4-8(2)5-7-9;1-8-4-6(7)5-2-3-5;2*1-2/h1,4-7H,2H3;5H,2-4H2,1H3;2H,1H3;1H2. The zero-order valence-corrected chi connectivity index (χ0v) is 13.0. The van der Waals surface area contributed by atoms with Gasteiger partial charge in [0, 0.05) is 25.7 Å². The molecule has 0 saturated heterocycles. The van der Waals surface area contributed by atoms with Gasteiger partial charge in [-0.25, -0.2) is 0 Å². The van der Waals surface area contributed by atoms with Gasteiger partial charge >= 0.3 is 0 Å². The number of ketones is 1. The van der Waals surface area contributed by atoms with Crippen LogP contribution in [0.4, 0.5) is 0 Å². The van der Waals surface area contributed by atoms with Crippen LogP contribution in [0.3, 0.4) is 0 Å². The number of terminal acetylenes is 1. The molecule has 4 nitrogen and oxygen atoms in total. The summed E-state index contributed by atoms with van der Waals surface area (Å²) in [6, 6.07) is 7.90. The van der Waals surface area contributed by atoms with Crippen LogP contribution >= 0.6 is 0 Å². The second-order valence-corrected chi connectivity index (χ2v) is 4.18. The van der Waals surface area contributed by atoms with Crippen molar-refractivity contribution in [3.05, 3.63) is 35.4 Å². The van der Waals surface area contributed by atoms with Gasteiger partial charge in [-0.05, 0) is 31.9 Å². The maximum absolute atomic E-state index is 10.7. The molecule has 0 heterocycles. The van der Waals surface area contributed by atoms with Crippen LogP contribution in [-0.2, 0) is 14.3 Å². The molecule has 0 aliphatic heterocycles. The quantitative estimate of drug-likeness (QED) is 0.866. The van der Waals surface area contributed by atoms with Crippen LogP contribution in [0.1, 0.15) is 24.0 Å². The van der Waals surface area contributed by atoms with E-state index in [1.165, 1.54) is 5.56 Å². The van der Waals surface area contributed by atoms with Crippen molar-refractivity contribution in [3.63, 3.8) is 0 Å². The van der Waals surface area contributed by atoms with Crippen molar-refractivity contribution in [1.82, 2.24) is 0 Å². The second kappa shape index (κ2) is 14.4. The molecule has 21 heavy (non-hydrogen) atoms. The summed E-state index contributed by atoms with van der Waals surface area (Å²) in [5.74, 6) is 3.18. The first-order valence-electron chi connectivity index (χ1n) is 6.46. The monoisotopic (exact) mass is 292 g/mol. The first kappa shape index (κ1) is 21.3. The molecule has 0 amide bonds. The van der Waals surface area contributed by atoms with Crippen LogP contribution < -0.4 is 0 Å². The Morgan fingerprint density at radius 1 is 1.33 bits per heavy atom. The minimum absolute atomic E-state index is 0.271. The normalized spacial score (nSPS) is 11.2. The summed E-state index contributed by atoms with van der Waals surface area (Å²) in [7, 11) is 2.56. The third-order valence-corrected chi connectivity index (χ3v) is 2.54. The van der Waals surface area contributed by atoms with Gasteiger partial charge < -0.3 is 14.6 Å². The number of methoxy groups -OCH3 is 1. The Balaban J connectivity index is 0. The Morgan fingerprint density at radius 3 is 2.14 bits per heavy atom. The largest absolute Gasteiger partial charge is 0.400 e. The van der Waals surface area contributed by atoms with Gasteiger partial charge in [-0.3, -0.25) is 4.79 Å². The molecule has 0 aromatic heterocycles. The van der Waals surface area contributed by atoms with Crippen molar-refractivity contribution in [2.75, 3.05) is 20.8 Å². The summed E-state index contributed by atoms with van der Waals surface area (Å²) in [4.78, 5) is 18.7. The molecule has 1 fully saturated rings. The van der Waals surface area contributed by atoms with Crippen molar-refractivity contribution < 1.29 is 19.4 Å². The van der Waals surface area contributed by atoms with Crippen LogP contribution in [0.2, 0.25) is 0 Å². The van der Waals surface area contributed by atoms with E-state index >= 15 is 0 Å². The lowest BCUT2D eigenvalue weighted by Crippen LogP contribution is -2.07. The third kappa shape index (κ3) is 11.6. The number of carbonyl (C=O) groups excluding carboxylic acids is 2. The number of benzene rings is 1. The van der Waals surface area contributed by atoms with Gasteiger partial charge in [-0.1, -0.05) is 23.6 Å². The molecule has 4 heteroatoms. The van der Waals surface area contributed by atoms with Crippen LogP contribution in [0.25, 0.3) is 0 Å². The summed E-state index contributed by atoms with van der Waals surface area (Å²) in [5.41, 5.74) is 2.19. The highest BCUT2D eigenvalue weighted by Gasteiger charge is 2.28. The summed E-state index contributed by atoms with van der Waals surface area (Å²) >= 11 is 0. The lowest BCUT2D eigenvalue weighted by atomic mass is 10.2. The van der Waals surface area contributed by atoms with Gasteiger partial charge in [0.15, 0.2) is 5.78 Å². The van der Waals surface area contributed by atoms with E-state index in [9.17, 15) is 4.79 Å². The third-order valence-electron chi connectivity index (χ3n) is 2.54. The number of hydrogen-bond acceptors (Lipinski definition) is 4. The molecule has 2 rings (SSSR count). The number of aliphatic hydroxyl groups excluding tert-OH is 1. The molecular formula is C17H24O4. The number of aryl methyl sites for hydroxylation is 1. The van der Waals surface area contributed by atoms with Crippen molar-refractivity contribution in [2.24, 2.45) is 5.92 Å². The first-order valence-corrected chi connectivity index (χ1v) is 6.46. The molecule has 1 aromatic carbocycles. The van der Waals surface area contributed by atoms with Gasteiger partial charge in [-0.2, -0.15) is 0 Å². The average molecular weight is 292 g/mol. The Morgan fingerprint density at radius 2 is 1.81 bits per heavy atom. The average Bonchev–Trinajstić information content (AvgIpc) is 3.38. The minimum Gasteiger partial charge on any atom is -0.400 e. The van der Waals surface area contributed by atoms with E-state index in [4.69, 9.17) is 16.3 Å². The van der Waals surface area contributed by atoms with E-state index in [2.05, 4.69) is 10.7 Å². The highest BCUT2D eigenvalue weighted by molar-refractivity contribution is 5.84. The SMILES string of the molecule is C#Cc1ccc(C)cc1.C=O.CO.COCC(=O)C1CC1. The molecule has 116 valence electrons. The maximum atomic E-state index is 10.7. The minimum atomic E-state index is 0.271. The van der Waals surface area contributed by atoms with Crippen molar-refractivity contribution in [3.8, 4) is 12.3 Å². The van der Waals surface area contributed by atoms with Gasteiger partial charge in [0.2, 0.25) is 0 Å². The zero-order valence-electron chi connectivity index (χ0n) is 13.0. The van der Waals surface area contributed by atoms with E-state index in [1.807, 2.05) is 38.0 Å². The van der Waals surface area contributed by atoms with Crippen LogP contribution in [0.5, 0.6) is 0 Å². The molecule has 1 N–H and O–H groups in total. The van der Waals surface area contributed by atoms with Crippen molar-refractivity contribution >= 4 is 12.6 Å². The van der Waals surface area contributed by atoms with Gasteiger partial charge in [-0.15, -0.1) is 6.42 Å². The highest BCUT2D eigenvalue weighted by Crippen LogP contribution is 2.29. The van der Waals surface area contributed by atoms with Crippen molar-refractivity contribution in [2.45, 2.75) is 19.8 Å². The fraction of sp³-hybridized carbons (Fsp3) is 0.412. The number of aliphatic hydroxyl groups is 1. The summed E-state index contributed by atoms with van der Waals surface area (Å²) < 4.78 is 4.66. The highest BCUT2D eigenvalue weighted by atomic mass is 16.5. The smallest absolute Gasteiger partial charge is 0.161 e. The molecule has 1 aliphatic carbocycles. The number of ether oxygens (including phenoxy) is 1. The number of carbonyl (C=O) groups is 2. The predicted molar refractivity (Wildman–Crippen MR) is 84.0 cm³/mol. The van der Waals surface area contributed by atoms with E-state index in [1.54, 1.807) is 7.11 Å². The van der Waals surface area contributed by atoms with E-state index < -0.39 is 0 Å². The summed E-state index contributed by atoms with van der Waals surface area (Å²) in [6.45, 7) is 4.35. The Hall–Kier alpha value is -1.96. The van der Waals surface area contributed by atoms with E-state index in [-0.39, 0.29) is 5.78 Å². The van der Waals surface area contributed by atoms with Crippen molar-refractivity contribution in [1.29, 1.82) is 0 Å². The molecule has 1 saturated carbocycles. The lowest BCUT2D eigenvalue weighted by Gasteiger charge is -1.91. The number of rotatable bonds is 3. The molecular weight excluding hydrogens is 268 g/mol. The number of Topliss-reactive ketones (excluding diaryl/α,β-unsaturated/α-hetero) is 1. The van der Waals surface area contributed by atoms with E-state index in [0.717, 1.165) is 25.5 Å². The Bertz CT molecular complexity index is 413. The molecule has 0 spiro atoms. The molecule has 0 atom stereocenters. The topological polar surface area (TPSA) is 63.6 Å². The second-order valence-electron chi connectivity index (χ2n) is 4.18. The van der Waals surface area contributed by atoms with Gasteiger partial charge in [0.05, 0.1) is 0 Å². The fourth-order valence-corrected chi connectivity index (χ4v) is 1.32. The maximum Gasteiger partial charge on any atom is 0.161 e. The zero-order chi connectivity index (χ0) is 16.7.